The number of thioether (sulfide) groups is 1. The van der Waals surface area contributed by atoms with E-state index in [1.54, 1.807) is 7.11 Å². The van der Waals surface area contributed by atoms with E-state index in [1.165, 1.54) is 23.1 Å². The van der Waals surface area contributed by atoms with Crippen molar-refractivity contribution < 1.29 is 9.53 Å². The van der Waals surface area contributed by atoms with Gasteiger partial charge in [-0.05, 0) is 29.5 Å². The maximum Gasteiger partial charge on any atom is 0.233 e. The van der Waals surface area contributed by atoms with Crippen molar-refractivity contribution >= 4 is 34.1 Å². The number of amides is 1. The molecule has 1 aromatic carbocycles. The van der Waals surface area contributed by atoms with Crippen LogP contribution in [-0.2, 0) is 11.3 Å². The summed E-state index contributed by atoms with van der Waals surface area (Å²) in [6.07, 6.45) is 0. The highest BCUT2D eigenvalue weighted by molar-refractivity contribution is 8.01. The summed E-state index contributed by atoms with van der Waals surface area (Å²) in [4.78, 5) is 14.6. The predicted octanol–water partition coefficient (Wildman–Crippen LogP) is 4.39. The van der Waals surface area contributed by atoms with Crippen LogP contribution in [-0.4, -0.2) is 47.0 Å². The smallest absolute Gasteiger partial charge is 0.233 e. The normalized spacial score (nSPS) is 11.1. The Hall–Kier alpha value is -1.80. The molecule has 28 heavy (non-hydrogen) atoms. The zero-order valence-corrected chi connectivity index (χ0v) is 18.9. The molecule has 0 fully saturated rings. The first kappa shape index (κ1) is 22.5. The third-order valence-corrected chi connectivity index (χ3v) is 5.85. The summed E-state index contributed by atoms with van der Waals surface area (Å²) >= 11 is 2.93. The summed E-state index contributed by atoms with van der Waals surface area (Å²) in [7, 11) is 1.66. The van der Waals surface area contributed by atoms with Gasteiger partial charge in [-0.1, -0.05) is 62.9 Å². The quantitative estimate of drug-likeness (QED) is 0.542. The number of aromatic nitrogens is 2. The largest absolute Gasteiger partial charge is 0.497 e. The fraction of sp³-hybridized carbons (Fsp3) is 0.550. The fourth-order valence-electron chi connectivity index (χ4n) is 2.64. The van der Waals surface area contributed by atoms with Crippen LogP contribution in [0.25, 0.3) is 0 Å². The zero-order valence-electron chi connectivity index (χ0n) is 17.3. The highest BCUT2D eigenvalue weighted by Gasteiger charge is 2.17. The minimum absolute atomic E-state index is 0.162. The van der Waals surface area contributed by atoms with Crippen molar-refractivity contribution in [3.05, 3.63) is 29.8 Å². The average molecular weight is 423 g/mol. The first-order valence-corrected chi connectivity index (χ1v) is 11.3. The molecule has 0 spiro atoms. The Morgan fingerprint density at radius 1 is 1.14 bits per heavy atom. The molecule has 8 heteroatoms. The molecule has 0 saturated carbocycles. The summed E-state index contributed by atoms with van der Waals surface area (Å²) in [5, 5.41) is 12.4. The number of carbonyl (C=O) groups is 1. The lowest BCUT2D eigenvalue weighted by atomic mass is 10.1. The Kier molecular flexibility index (Phi) is 9.05. The molecule has 0 bridgehead atoms. The highest BCUT2D eigenvalue weighted by atomic mass is 32.2. The molecule has 0 aliphatic rings. The molecule has 0 atom stereocenters. The second-order valence-corrected chi connectivity index (χ2v) is 9.65. The second-order valence-electron chi connectivity index (χ2n) is 7.45. The monoisotopic (exact) mass is 422 g/mol. The van der Waals surface area contributed by atoms with Crippen LogP contribution >= 0.6 is 23.1 Å². The van der Waals surface area contributed by atoms with E-state index >= 15 is 0 Å². The third-order valence-electron chi connectivity index (χ3n) is 3.85. The Labute approximate surface area is 176 Å². The van der Waals surface area contributed by atoms with Crippen LogP contribution in [0.1, 0.15) is 33.3 Å². The van der Waals surface area contributed by atoms with Crippen molar-refractivity contribution in [2.24, 2.45) is 11.8 Å². The van der Waals surface area contributed by atoms with Gasteiger partial charge in [0.25, 0.3) is 0 Å². The molecule has 6 nitrogen and oxygen atoms in total. The van der Waals surface area contributed by atoms with Crippen LogP contribution in [0.4, 0.5) is 5.13 Å². The standard InChI is InChI=1S/C20H30N4O2S2/c1-14(2)11-24(12-15(3)4)18(25)13-27-20-23-22-19(28-20)21-10-16-6-8-17(26-5)9-7-16/h6-9,14-15H,10-13H2,1-5H3,(H,21,22). The summed E-state index contributed by atoms with van der Waals surface area (Å²) in [5.74, 6) is 2.32. The molecule has 2 aromatic rings. The molecule has 1 N–H and O–H groups in total. The van der Waals surface area contributed by atoms with Gasteiger partial charge >= 0.3 is 0 Å². The number of benzene rings is 1. The van der Waals surface area contributed by atoms with E-state index in [-0.39, 0.29) is 5.91 Å². The van der Waals surface area contributed by atoms with Crippen molar-refractivity contribution in [1.29, 1.82) is 0 Å². The van der Waals surface area contributed by atoms with Gasteiger partial charge < -0.3 is 15.0 Å². The Bertz CT molecular complexity index is 722. The topological polar surface area (TPSA) is 67.3 Å². The van der Waals surface area contributed by atoms with E-state index in [1.807, 2.05) is 29.2 Å². The number of nitrogens with one attached hydrogen (secondary N) is 1. The van der Waals surface area contributed by atoms with Gasteiger partial charge in [0.2, 0.25) is 11.0 Å². The maximum absolute atomic E-state index is 12.6. The van der Waals surface area contributed by atoms with E-state index in [4.69, 9.17) is 4.74 Å². The highest BCUT2D eigenvalue weighted by Crippen LogP contribution is 2.26. The van der Waals surface area contributed by atoms with Crippen molar-refractivity contribution in [2.45, 2.75) is 38.6 Å². The van der Waals surface area contributed by atoms with Gasteiger partial charge in [0.15, 0.2) is 4.34 Å². The molecule has 0 unspecified atom stereocenters. The number of ether oxygens (including phenoxy) is 1. The van der Waals surface area contributed by atoms with E-state index in [9.17, 15) is 4.79 Å². The molecule has 2 rings (SSSR count). The molecule has 0 radical (unpaired) electrons. The number of rotatable bonds is 11. The molecule has 1 heterocycles. The van der Waals surface area contributed by atoms with Crippen LogP contribution in [0.15, 0.2) is 28.6 Å². The molecule has 154 valence electrons. The Balaban J connectivity index is 1.83. The predicted molar refractivity (Wildman–Crippen MR) is 117 cm³/mol. The molecule has 1 amide bonds. The minimum Gasteiger partial charge on any atom is -0.497 e. The molecular formula is C20H30N4O2S2. The minimum atomic E-state index is 0.162. The molecule has 0 saturated heterocycles. The lowest BCUT2D eigenvalue weighted by Gasteiger charge is -2.26. The average Bonchev–Trinajstić information content (AvgIpc) is 3.11. The van der Waals surface area contributed by atoms with Crippen LogP contribution in [0.2, 0.25) is 0 Å². The summed E-state index contributed by atoms with van der Waals surface area (Å²) < 4.78 is 5.97. The van der Waals surface area contributed by atoms with Gasteiger partial charge in [0, 0.05) is 19.6 Å². The first-order chi connectivity index (χ1) is 13.4. The van der Waals surface area contributed by atoms with Gasteiger partial charge in [0.1, 0.15) is 5.75 Å². The van der Waals surface area contributed by atoms with E-state index in [0.717, 1.165) is 33.9 Å². The molecule has 0 aliphatic heterocycles. The van der Waals surface area contributed by atoms with Gasteiger partial charge in [-0.25, -0.2) is 0 Å². The number of hydrogen-bond donors (Lipinski definition) is 1. The van der Waals surface area contributed by atoms with Crippen molar-refractivity contribution in [3.8, 4) is 5.75 Å². The SMILES string of the molecule is COc1ccc(CNc2nnc(SCC(=O)N(CC(C)C)CC(C)C)s2)cc1. The van der Waals surface area contributed by atoms with Crippen LogP contribution in [0.3, 0.4) is 0 Å². The van der Waals surface area contributed by atoms with Crippen LogP contribution in [0.5, 0.6) is 5.75 Å². The van der Waals surface area contributed by atoms with E-state index in [0.29, 0.717) is 24.1 Å². The Morgan fingerprint density at radius 2 is 1.79 bits per heavy atom. The third kappa shape index (κ3) is 7.67. The van der Waals surface area contributed by atoms with E-state index in [2.05, 4.69) is 43.2 Å². The van der Waals surface area contributed by atoms with Crippen LogP contribution < -0.4 is 10.1 Å². The molecular weight excluding hydrogens is 392 g/mol. The molecule has 0 aliphatic carbocycles. The number of methoxy groups -OCH3 is 1. The van der Waals surface area contributed by atoms with Crippen molar-refractivity contribution in [3.63, 3.8) is 0 Å². The second kappa shape index (κ2) is 11.3. The first-order valence-electron chi connectivity index (χ1n) is 9.48. The van der Waals surface area contributed by atoms with E-state index < -0.39 is 0 Å². The summed E-state index contributed by atoms with van der Waals surface area (Å²) in [6.45, 7) is 10.8. The number of carbonyl (C=O) groups excluding carboxylic acids is 1. The maximum atomic E-state index is 12.6. The van der Waals surface area contributed by atoms with Crippen molar-refractivity contribution in [2.75, 3.05) is 31.3 Å². The zero-order chi connectivity index (χ0) is 20.5. The number of hydrogen-bond acceptors (Lipinski definition) is 7. The van der Waals surface area contributed by atoms with Gasteiger partial charge in [-0.2, -0.15) is 0 Å². The lowest BCUT2D eigenvalue weighted by Crippen LogP contribution is -2.38. The van der Waals surface area contributed by atoms with Gasteiger partial charge in [-0.3, -0.25) is 4.79 Å². The Morgan fingerprint density at radius 3 is 2.36 bits per heavy atom. The summed E-state index contributed by atoms with van der Waals surface area (Å²) in [6, 6.07) is 7.90. The van der Waals surface area contributed by atoms with Gasteiger partial charge in [0.05, 0.1) is 12.9 Å². The summed E-state index contributed by atoms with van der Waals surface area (Å²) in [5.41, 5.74) is 1.14. The fourth-order valence-corrected chi connectivity index (χ4v) is 4.29. The van der Waals surface area contributed by atoms with Crippen LogP contribution in [0, 0.1) is 11.8 Å². The lowest BCUT2D eigenvalue weighted by molar-refractivity contribution is -0.129. The number of anilines is 1. The van der Waals surface area contributed by atoms with Gasteiger partial charge in [-0.15, -0.1) is 10.2 Å². The molecule has 1 aromatic heterocycles. The van der Waals surface area contributed by atoms with Crippen molar-refractivity contribution in [1.82, 2.24) is 15.1 Å². The number of nitrogens with zero attached hydrogens (tertiary/aromatic N) is 3.